The van der Waals surface area contributed by atoms with Crippen molar-refractivity contribution in [3.8, 4) is 0 Å². The van der Waals surface area contributed by atoms with Gasteiger partial charge in [-0.05, 0) is 68.0 Å². The molecule has 2 aromatic carbocycles. The third kappa shape index (κ3) is 3.65. The van der Waals surface area contributed by atoms with Crippen LogP contribution in [0.15, 0.2) is 57.8 Å². The maximum Gasteiger partial charge on any atom is 0.240 e. The van der Waals surface area contributed by atoms with Crippen LogP contribution in [0.2, 0.25) is 0 Å². The van der Waals surface area contributed by atoms with Gasteiger partial charge in [0.15, 0.2) is 0 Å². The molecule has 1 heterocycles. The Hall–Kier alpha value is -2.15. The summed E-state index contributed by atoms with van der Waals surface area (Å²) in [5.74, 6) is 0.330. The second kappa shape index (κ2) is 6.78. The first-order valence-electron chi connectivity index (χ1n) is 9.18. The van der Waals surface area contributed by atoms with Crippen molar-refractivity contribution in [2.24, 2.45) is 0 Å². The number of fused-ring (bicyclic) bond motifs is 2. The summed E-state index contributed by atoms with van der Waals surface area (Å²) in [5, 5.41) is 11.6. The van der Waals surface area contributed by atoms with E-state index < -0.39 is 15.6 Å². The molecule has 0 aliphatic heterocycles. The molecule has 0 amide bonds. The van der Waals surface area contributed by atoms with Gasteiger partial charge in [0.05, 0.1) is 4.90 Å². The molecule has 142 valence electrons. The Balaban J connectivity index is 1.54. The number of hydrogen-bond donors (Lipinski definition) is 2. The number of aryl methyl sites for hydroxylation is 2. The van der Waals surface area contributed by atoms with Gasteiger partial charge >= 0.3 is 0 Å². The number of nitrogens with one attached hydrogen (secondary N) is 1. The number of furan rings is 1. The first-order chi connectivity index (χ1) is 12.9. The largest absolute Gasteiger partial charge is 0.458 e. The van der Waals surface area contributed by atoms with E-state index in [0.717, 1.165) is 36.6 Å². The molecule has 0 fully saturated rings. The van der Waals surface area contributed by atoms with Gasteiger partial charge in [0.2, 0.25) is 10.0 Å². The lowest BCUT2D eigenvalue weighted by Crippen LogP contribution is -2.38. The Morgan fingerprint density at radius 2 is 1.81 bits per heavy atom. The molecule has 0 saturated heterocycles. The summed E-state index contributed by atoms with van der Waals surface area (Å²) in [6, 6.07) is 14.5. The fraction of sp³-hybridized carbons (Fsp3) is 0.333. The van der Waals surface area contributed by atoms with Crippen molar-refractivity contribution >= 4 is 21.0 Å². The summed E-state index contributed by atoms with van der Waals surface area (Å²) in [4.78, 5) is 0.239. The average Bonchev–Trinajstić information content (AvgIpc) is 3.11. The SMILES string of the molecule is CC(O)(CNS(=O)(=O)c1ccc2c(c1)CCCC2)c1cc2ccccc2o1. The zero-order valence-corrected chi connectivity index (χ0v) is 16.1. The summed E-state index contributed by atoms with van der Waals surface area (Å²) >= 11 is 0. The van der Waals surface area contributed by atoms with E-state index in [1.54, 1.807) is 25.1 Å². The highest BCUT2D eigenvalue weighted by molar-refractivity contribution is 7.89. The predicted molar refractivity (Wildman–Crippen MR) is 104 cm³/mol. The lowest BCUT2D eigenvalue weighted by atomic mass is 9.92. The highest BCUT2D eigenvalue weighted by atomic mass is 32.2. The molecule has 4 rings (SSSR count). The first kappa shape index (κ1) is 18.2. The summed E-state index contributed by atoms with van der Waals surface area (Å²) in [6.07, 6.45) is 4.15. The maximum absolute atomic E-state index is 12.7. The van der Waals surface area contributed by atoms with Crippen LogP contribution in [0.4, 0.5) is 0 Å². The van der Waals surface area contributed by atoms with Crippen LogP contribution < -0.4 is 4.72 Å². The average molecular weight is 385 g/mol. The van der Waals surface area contributed by atoms with Crippen molar-refractivity contribution in [2.45, 2.75) is 43.1 Å². The van der Waals surface area contributed by atoms with E-state index >= 15 is 0 Å². The number of hydrogen-bond acceptors (Lipinski definition) is 4. The van der Waals surface area contributed by atoms with Gasteiger partial charge in [0.25, 0.3) is 0 Å². The van der Waals surface area contributed by atoms with Crippen LogP contribution in [0.25, 0.3) is 11.0 Å². The molecule has 0 spiro atoms. The summed E-state index contributed by atoms with van der Waals surface area (Å²) in [5.41, 5.74) is 1.54. The molecule has 2 N–H and O–H groups in total. The molecule has 1 atom stereocenters. The number of benzene rings is 2. The van der Waals surface area contributed by atoms with Gasteiger partial charge < -0.3 is 9.52 Å². The summed E-state index contributed by atoms with van der Waals surface area (Å²) < 4.78 is 33.7. The number of aliphatic hydroxyl groups is 1. The van der Waals surface area contributed by atoms with Crippen molar-refractivity contribution in [1.29, 1.82) is 0 Å². The summed E-state index contributed by atoms with van der Waals surface area (Å²) in [7, 11) is -3.72. The highest BCUT2D eigenvalue weighted by Gasteiger charge is 2.30. The van der Waals surface area contributed by atoms with Gasteiger partial charge in [-0.2, -0.15) is 0 Å². The Bertz CT molecular complexity index is 1050. The Kier molecular flexibility index (Phi) is 4.58. The van der Waals surface area contributed by atoms with Crippen LogP contribution in [0.3, 0.4) is 0 Å². The quantitative estimate of drug-likeness (QED) is 0.704. The monoisotopic (exact) mass is 385 g/mol. The van der Waals surface area contributed by atoms with E-state index in [1.165, 1.54) is 5.56 Å². The molecule has 1 aromatic heterocycles. The Labute approximate surface area is 159 Å². The minimum Gasteiger partial charge on any atom is -0.458 e. The van der Waals surface area contributed by atoms with Crippen LogP contribution >= 0.6 is 0 Å². The summed E-state index contributed by atoms with van der Waals surface area (Å²) in [6.45, 7) is 1.37. The fourth-order valence-corrected chi connectivity index (χ4v) is 4.71. The number of sulfonamides is 1. The molecule has 1 unspecified atom stereocenters. The molecular weight excluding hydrogens is 362 g/mol. The first-order valence-corrected chi connectivity index (χ1v) is 10.7. The van der Waals surface area contributed by atoms with Crippen LogP contribution in [0, 0.1) is 0 Å². The topological polar surface area (TPSA) is 79.5 Å². The maximum atomic E-state index is 12.7. The second-order valence-electron chi connectivity index (χ2n) is 7.38. The second-order valence-corrected chi connectivity index (χ2v) is 9.15. The van der Waals surface area contributed by atoms with Crippen LogP contribution in [-0.4, -0.2) is 20.1 Å². The molecule has 0 radical (unpaired) electrons. The van der Waals surface area contributed by atoms with E-state index in [4.69, 9.17) is 4.42 Å². The van der Waals surface area contributed by atoms with E-state index in [0.29, 0.717) is 11.3 Å². The fourth-order valence-electron chi connectivity index (χ4n) is 3.53. The third-order valence-corrected chi connectivity index (χ3v) is 6.59. The Morgan fingerprint density at radius 3 is 2.59 bits per heavy atom. The molecule has 1 aliphatic carbocycles. The minimum atomic E-state index is -3.72. The molecule has 3 aromatic rings. The van der Waals surface area contributed by atoms with Crippen molar-refractivity contribution < 1.29 is 17.9 Å². The molecule has 0 saturated carbocycles. The van der Waals surface area contributed by atoms with E-state index in [9.17, 15) is 13.5 Å². The third-order valence-electron chi connectivity index (χ3n) is 5.19. The smallest absolute Gasteiger partial charge is 0.240 e. The molecule has 1 aliphatic rings. The minimum absolute atomic E-state index is 0.174. The number of para-hydroxylation sites is 1. The molecule has 6 heteroatoms. The number of rotatable bonds is 5. The lowest BCUT2D eigenvalue weighted by Gasteiger charge is -2.22. The van der Waals surface area contributed by atoms with Gasteiger partial charge in [0, 0.05) is 11.9 Å². The lowest BCUT2D eigenvalue weighted by molar-refractivity contribution is 0.0412. The van der Waals surface area contributed by atoms with E-state index in [-0.39, 0.29) is 11.4 Å². The van der Waals surface area contributed by atoms with Crippen molar-refractivity contribution in [2.75, 3.05) is 6.54 Å². The zero-order chi connectivity index (χ0) is 19.1. The van der Waals surface area contributed by atoms with Gasteiger partial charge in [-0.3, -0.25) is 0 Å². The van der Waals surface area contributed by atoms with Crippen LogP contribution in [-0.2, 0) is 28.5 Å². The Morgan fingerprint density at radius 1 is 1.07 bits per heavy atom. The van der Waals surface area contributed by atoms with Gasteiger partial charge in [-0.25, -0.2) is 13.1 Å². The van der Waals surface area contributed by atoms with Gasteiger partial charge in [0.1, 0.15) is 16.9 Å². The van der Waals surface area contributed by atoms with Crippen molar-refractivity contribution in [1.82, 2.24) is 4.72 Å². The van der Waals surface area contributed by atoms with E-state index in [2.05, 4.69) is 4.72 Å². The molecule has 0 bridgehead atoms. The van der Waals surface area contributed by atoms with Gasteiger partial charge in [-0.1, -0.05) is 24.3 Å². The van der Waals surface area contributed by atoms with Gasteiger partial charge in [-0.15, -0.1) is 0 Å². The molecule has 5 nitrogen and oxygen atoms in total. The predicted octanol–water partition coefficient (Wildman–Crippen LogP) is 3.50. The van der Waals surface area contributed by atoms with Crippen LogP contribution in [0.1, 0.15) is 36.7 Å². The molecule has 27 heavy (non-hydrogen) atoms. The van der Waals surface area contributed by atoms with E-state index in [1.807, 2.05) is 30.3 Å². The zero-order valence-electron chi connectivity index (χ0n) is 15.2. The van der Waals surface area contributed by atoms with Crippen LogP contribution in [0.5, 0.6) is 0 Å². The van der Waals surface area contributed by atoms with Crippen molar-refractivity contribution in [3.05, 3.63) is 65.4 Å². The normalized spacial score (nSPS) is 16.8. The highest BCUT2D eigenvalue weighted by Crippen LogP contribution is 2.28. The standard InChI is InChI=1S/C21H23NO4S/c1-21(23,20-13-17-8-4-5-9-19(17)26-20)14-22-27(24,25)18-11-10-15-6-2-3-7-16(15)12-18/h4-5,8-13,22-23H,2-3,6-7,14H2,1H3. The van der Waals surface area contributed by atoms with Crippen molar-refractivity contribution in [3.63, 3.8) is 0 Å². The molecular formula is C21H23NO4S.